The van der Waals surface area contributed by atoms with Crippen LogP contribution in [0.15, 0.2) is 24.3 Å². The van der Waals surface area contributed by atoms with Crippen LogP contribution in [0.3, 0.4) is 0 Å². The predicted octanol–water partition coefficient (Wildman–Crippen LogP) is 0.910. The molecule has 0 unspecified atom stereocenters. The SMILES string of the molecule is N[C@@H]1CN(C(=O)C2(NC(=O)c3ccc(N4CCN(C5CC5)CC4)cc3)CCCCC2)[C@@H]2C(=O)CO[C@H]12. The maximum absolute atomic E-state index is 13.9. The van der Waals surface area contributed by atoms with Crippen LogP contribution in [0, 0.1) is 0 Å². The van der Waals surface area contributed by atoms with Gasteiger partial charge >= 0.3 is 0 Å². The van der Waals surface area contributed by atoms with Crippen molar-refractivity contribution in [1.29, 1.82) is 0 Å². The van der Waals surface area contributed by atoms with Gasteiger partial charge in [-0.05, 0) is 49.9 Å². The number of likely N-dealkylation sites (tertiary alicyclic amines) is 1. The molecule has 0 bridgehead atoms. The molecule has 2 aliphatic carbocycles. The van der Waals surface area contributed by atoms with Gasteiger partial charge < -0.3 is 25.6 Å². The molecular formula is C27H37N5O4. The number of carbonyl (C=O) groups excluding carboxylic acids is 3. The number of Topliss-reactive ketones (excluding diaryl/α,β-unsaturated/α-hetero) is 1. The summed E-state index contributed by atoms with van der Waals surface area (Å²) in [5.74, 6) is -0.543. The van der Waals surface area contributed by atoms with Crippen molar-refractivity contribution < 1.29 is 19.1 Å². The quantitative estimate of drug-likeness (QED) is 0.625. The van der Waals surface area contributed by atoms with Crippen molar-refractivity contribution in [2.45, 2.75) is 74.7 Å². The van der Waals surface area contributed by atoms with Gasteiger partial charge in [0.2, 0.25) is 5.91 Å². The molecular weight excluding hydrogens is 458 g/mol. The average molecular weight is 496 g/mol. The highest BCUT2D eigenvalue weighted by molar-refractivity contribution is 6.01. The lowest BCUT2D eigenvalue weighted by Gasteiger charge is -2.40. The lowest BCUT2D eigenvalue weighted by molar-refractivity contribution is -0.143. The molecule has 0 aromatic heterocycles. The summed E-state index contributed by atoms with van der Waals surface area (Å²) in [5, 5.41) is 3.12. The van der Waals surface area contributed by atoms with Gasteiger partial charge in [0.15, 0.2) is 5.78 Å². The Morgan fingerprint density at radius 3 is 2.36 bits per heavy atom. The Morgan fingerprint density at radius 2 is 1.69 bits per heavy atom. The Hall–Kier alpha value is -2.49. The number of amides is 2. The molecule has 2 amide bonds. The molecule has 9 heteroatoms. The van der Waals surface area contributed by atoms with E-state index in [1.165, 1.54) is 12.8 Å². The minimum atomic E-state index is -1.01. The molecule has 5 aliphatic rings. The van der Waals surface area contributed by atoms with E-state index in [2.05, 4.69) is 15.1 Å². The Labute approximate surface area is 212 Å². The summed E-state index contributed by atoms with van der Waals surface area (Å²) in [6.07, 6.45) is 6.11. The maximum atomic E-state index is 13.9. The molecule has 0 radical (unpaired) electrons. The third-order valence-corrected chi connectivity index (χ3v) is 8.83. The van der Waals surface area contributed by atoms with Gasteiger partial charge in [0, 0.05) is 50.0 Å². The molecule has 3 heterocycles. The number of hydrogen-bond acceptors (Lipinski definition) is 7. The largest absolute Gasteiger partial charge is 0.369 e. The van der Waals surface area contributed by atoms with Crippen molar-refractivity contribution in [3.8, 4) is 0 Å². The van der Waals surface area contributed by atoms with Crippen LogP contribution in [0.1, 0.15) is 55.3 Å². The molecule has 0 spiro atoms. The van der Waals surface area contributed by atoms with Gasteiger partial charge in [-0.2, -0.15) is 0 Å². The van der Waals surface area contributed by atoms with E-state index in [1.54, 1.807) is 4.90 Å². The number of nitrogens with zero attached hydrogens (tertiary/aromatic N) is 3. The molecule has 36 heavy (non-hydrogen) atoms. The highest BCUT2D eigenvalue weighted by Crippen LogP contribution is 2.35. The van der Waals surface area contributed by atoms with E-state index in [0.29, 0.717) is 18.4 Å². The van der Waals surface area contributed by atoms with Crippen LogP contribution in [-0.2, 0) is 14.3 Å². The monoisotopic (exact) mass is 495 g/mol. The van der Waals surface area contributed by atoms with Crippen LogP contribution >= 0.6 is 0 Å². The van der Waals surface area contributed by atoms with Crippen LogP contribution in [0.4, 0.5) is 5.69 Å². The number of carbonyl (C=O) groups is 3. The highest BCUT2D eigenvalue weighted by Gasteiger charge is 2.55. The Bertz CT molecular complexity index is 1010. The second kappa shape index (κ2) is 9.43. The van der Waals surface area contributed by atoms with E-state index in [9.17, 15) is 14.4 Å². The fraction of sp³-hybridized carbons (Fsp3) is 0.667. The van der Waals surface area contributed by atoms with E-state index in [1.807, 2.05) is 24.3 Å². The number of anilines is 1. The number of rotatable bonds is 5. The summed E-state index contributed by atoms with van der Waals surface area (Å²) in [7, 11) is 0. The number of benzene rings is 1. The lowest BCUT2D eigenvalue weighted by Crippen LogP contribution is -2.62. The Kier molecular flexibility index (Phi) is 6.25. The number of nitrogens with two attached hydrogens (primary N) is 1. The predicted molar refractivity (Wildman–Crippen MR) is 135 cm³/mol. The first-order chi connectivity index (χ1) is 17.4. The van der Waals surface area contributed by atoms with Gasteiger partial charge in [-0.1, -0.05) is 19.3 Å². The van der Waals surface area contributed by atoms with Crippen molar-refractivity contribution in [2.24, 2.45) is 5.73 Å². The molecule has 3 N–H and O–H groups in total. The molecule has 6 rings (SSSR count). The van der Waals surface area contributed by atoms with Crippen LogP contribution in [-0.4, -0.2) is 96.5 Å². The molecule has 3 atom stereocenters. The van der Waals surface area contributed by atoms with Crippen LogP contribution < -0.4 is 16.0 Å². The highest BCUT2D eigenvalue weighted by atomic mass is 16.5. The van der Waals surface area contributed by atoms with Gasteiger partial charge in [0.25, 0.3) is 5.91 Å². The van der Waals surface area contributed by atoms with Gasteiger partial charge in [0.1, 0.15) is 24.3 Å². The number of ketones is 1. The van der Waals surface area contributed by atoms with E-state index in [4.69, 9.17) is 10.5 Å². The lowest BCUT2D eigenvalue weighted by atomic mass is 9.80. The Balaban J connectivity index is 1.15. The normalized spacial score (nSPS) is 30.4. The minimum absolute atomic E-state index is 0.00580. The zero-order valence-electron chi connectivity index (χ0n) is 20.9. The fourth-order valence-corrected chi connectivity index (χ4v) is 6.62. The summed E-state index contributed by atoms with van der Waals surface area (Å²) in [4.78, 5) is 46.3. The third kappa shape index (κ3) is 4.31. The molecule has 194 valence electrons. The average Bonchev–Trinajstić information content (AvgIpc) is 3.61. The summed E-state index contributed by atoms with van der Waals surface area (Å²) in [6, 6.07) is 7.51. The first-order valence-corrected chi connectivity index (χ1v) is 13.6. The molecule has 1 aromatic rings. The summed E-state index contributed by atoms with van der Waals surface area (Å²) in [6.45, 7) is 4.46. The standard InChI is InChI=1S/C27H37N5O4/c28-21-16-32(23-22(33)17-36-24(21)23)26(35)27(10-2-1-3-11-27)29-25(34)18-4-6-19(7-5-18)30-12-14-31(15-13-30)20-8-9-20/h4-7,20-21,23-24H,1-3,8-17,28H2,(H,29,34)/t21-,23-,24-/m1/s1. The molecule has 3 aliphatic heterocycles. The van der Waals surface area contributed by atoms with Crippen LogP contribution in [0.25, 0.3) is 0 Å². The topological polar surface area (TPSA) is 108 Å². The van der Waals surface area contributed by atoms with E-state index in [-0.39, 0.29) is 36.8 Å². The zero-order chi connectivity index (χ0) is 24.9. The van der Waals surface area contributed by atoms with E-state index in [0.717, 1.165) is 57.2 Å². The first kappa shape index (κ1) is 23.9. The van der Waals surface area contributed by atoms with Crippen molar-refractivity contribution >= 4 is 23.3 Å². The smallest absolute Gasteiger partial charge is 0.252 e. The van der Waals surface area contributed by atoms with Crippen LogP contribution in [0.2, 0.25) is 0 Å². The zero-order valence-corrected chi connectivity index (χ0v) is 20.9. The summed E-state index contributed by atoms with van der Waals surface area (Å²) < 4.78 is 5.57. The molecule has 1 aromatic carbocycles. The van der Waals surface area contributed by atoms with Crippen molar-refractivity contribution in [3.63, 3.8) is 0 Å². The number of hydrogen-bond donors (Lipinski definition) is 2. The third-order valence-electron chi connectivity index (χ3n) is 8.83. The number of ether oxygens (including phenoxy) is 1. The van der Waals surface area contributed by atoms with Crippen LogP contribution in [0.5, 0.6) is 0 Å². The molecule has 5 fully saturated rings. The molecule has 2 saturated carbocycles. The van der Waals surface area contributed by atoms with Crippen molar-refractivity contribution in [1.82, 2.24) is 15.1 Å². The second-order valence-electron chi connectivity index (χ2n) is 11.2. The van der Waals surface area contributed by atoms with Gasteiger partial charge in [0.05, 0.1) is 6.04 Å². The molecule has 9 nitrogen and oxygen atoms in total. The Morgan fingerprint density at radius 1 is 1.00 bits per heavy atom. The number of fused-ring (bicyclic) bond motifs is 1. The summed E-state index contributed by atoms with van der Waals surface area (Å²) >= 11 is 0. The van der Waals surface area contributed by atoms with E-state index >= 15 is 0 Å². The maximum Gasteiger partial charge on any atom is 0.252 e. The van der Waals surface area contributed by atoms with Gasteiger partial charge in [-0.15, -0.1) is 0 Å². The first-order valence-electron chi connectivity index (χ1n) is 13.6. The van der Waals surface area contributed by atoms with Crippen molar-refractivity contribution in [2.75, 3.05) is 44.2 Å². The second-order valence-corrected chi connectivity index (χ2v) is 11.2. The number of nitrogens with one attached hydrogen (secondary N) is 1. The summed E-state index contributed by atoms with van der Waals surface area (Å²) in [5.41, 5.74) is 6.87. The number of piperazine rings is 1. The van der Waals surface area contributed by atoms with Gasteiger partial charge in [-0.3, -0.25) is 19.3 Å². The fourth-order valence-electron chi connectivity index (χ4n) is 6.62. The molecule has 3 saturated heterocycles. The van der Waals surface area contributed by atoms with Crippen molar-refractivity contribution in [3.05, 3.63) is 29.8 Å². The van der Waals surface area contributed by atoms with Gasteiger partial charge in [-0.25, -0.2) is 0 Å². The minimum Gasteiger partial charge on any atom is -0.369 e. The van der Waals surface area contributed by atoms with E-state index < -0.39 is 17.7 Å².